The molecule has 0 fully saturated rings. The summed E-state index contributed by atoms with van der Waals surface area (Å²) in [6.45, 7) is 5.04. The second-order valence-electron chi connectivity index (χ2n) is 4.99. The summed E-state index contributed by atoms with van der Waals surface area (Å²) in [5, 5.41) is 4.29. The van der Waals surface area contributed by atoms with Crippen molar-refractivity contribution < 1.29 is 4.74 Å². The molecule has 1 heterocycles. The van der Waals surface area contributed by atoms with E-state index in [2.05, 4.69) is 23.3 Å². The molecular weight excluding hydrogens is 284 g/mol. The van der Waals surface area contributed by atoms with Gasteiger partial charge in [-0.2, -0.15) is 0 Å². The Bertz CT molecular complexity index is 601. The Labute approximate surface area is 131 Å². The first-order chi connectivity index (χ1) is 10.2. The highest BCUT2D eigenvalue weighted by atomic mass is 35.5. The maximum Gasteiger partial charge on any atom is 0.142 e. The van der Waals surface area contributed by atoms with E-state index >= 15 is 0 Å². The van der Waals surface area contributed by atoms with Crippen LogP contribution in [0.15, 0.2) is 36.5 Å². The molecule has 1 N–H and O–H groups in total. The molecule has 2 rings (SSSR count). The Balaban J connectivity index is 2.44. The van der Waals surface area contributed by atoms with Crippen LogP contribution in [0.1, 0.15) is 36.2 Å². The van der Waals surface area contributed by atoms with Gasteiger partial charge in [-0.3, -0.25) is 4.98 Å². The Hall–Kier alpha value is -1.58. The highest BCUT2D eigenvalue weighted by Gasteiger charge is 2.19. The maximum absolute atomic E-state index is 6.27. The van der Waals surface area contributed by atoms with Gasteiger partial charge < -0.3 is 10.1 Å². The van der Waals surface area contributed by atoms with Crippen LogP contribution in [-0.4, -0.2) is 18.6 Å². The van der Waals surface area contributed by atoms with Gasteiger partial charge in [0.25, 0.3) is 0 Å². The summed E-state index contributed by atoms with van der Waals surface area (Å²) < 4.78 is 5.45. The molecule has 0 aliphatic heterocycles. The molecule has 1 atom stereocenters. The van der Waals surface area contributed by atoms with Crippen molar-refractivity contribution in [1.29, 1.82) is 0 Å². The zero-order valence-electron chi connectivity index (χ0n) is 12.7. The van der Waals surface area contributed by atoms with Gasteiger partial charge in [0.05, 0.1) is 13.2 Å². The van der Waals surface area contributed by atoms with Crippen LogP contribution in [0.4, 0.5) is 0 Å². The third-order valence-electron chi connectivity index (χ3n) is 3.42. The summed E-state index contributed by atoms with van der Waals surface area (Å²) in [5.74, 6) is 0.780. The number of hydrogen-bond donors (Lipinski definition) is 1. The minimum atomic E-state index is -0.0285. The summed E-state index contributed by atoms with van der Waals surface area (Å²) in [5.41, 5.74) is 3.05. The van der Waals surface area contributed by atoms with Crippen molar-refractivity contribution in [3.8, 4) is 5.75 Å². The van der Waals surface area contributed by atoms with Gasteiger partial charge in [0, 0.05) is 11.2 Å². The number of aryl methyl sites for hydroxylation is 1. The van der Waals surface area contributed by atoms with E-state index in [-0.39, 0.29) is 6.04 Å². The van der Waals surface area contributed by atoms with Gasteiger partial charge in [-0.1, -0.05) is 30.7 Å². The van der Waals surface area contributed by atoms with E-state index in [0.29, 0.717) is 0 Å². The van der Waals surface area contributed by atoms with Crippen molar-refractivity contribution in [3.63, 3.8) is 0 Å². The van der Waals surface area contributed by atoms with Crippen LogP contribution in [0.3, 0.4) is 0 Å². The van der Waals surface area contributed by atoms with E-state index in [4.69, 9.17) is 16.3 Å². The molecular formula is C17H21ClN2O. The summed E-state index contributed by atoms with van der Waals surface area (Å²) in [6.07, 6.45) is 2.83. The smallest absolute Gasteiger partial charge is 0.142 e. The van der Waals surface area contributed by atoms with Crippen molar-refractivity contribution in [2.75, 3.05) is 13.7 Å². The number of nitrogens with zero attached hydrogens (tertiary/aromatic N) is 1. The van der Waals surface area contributed by atoms with Crippen molar-refractivity contribution in [1.82, 2.24) is 10.3 Å². The molecule has 0 aliphatic rings. The maximum atomic E-state index is 6.27. The van der Waals surface area contributed by atoms with Gasteiger partial charge in [0.1, 0.15) is 11.4 Å². The predicted octanol–water partition coefficient (Wildman–Crippen LogP) is 4.14. The molecule has 1 aromatic heterocycles. The van der Waals surface area contributed by atoms with Crippen LogP contribution in [0.2, 0.25) is 5.02 Å². The fraction of sp³-hybridized carbons (Fsp3) is 0.353. The van der Waals surface area contributed by atoms with Crippen LogP contribution in [0.25, 0.3) is 0 Å². The minimum Gasteiger partial charge on any atom is -0.495 e. The molecule has 0 radical (unpaired) electrons. The van der Waals surface area contributed by atoms with E-state index in [1.165, 1.54) is 0 Å². The summed E-state index contributed by atoms with van der Waals surface area (Å²) >= 11 is 6.27. The van der Waals surface area contributed by atoms with Crippen molar-refractivity contribution in [3.05, 3.63) is 58.4 Å². The van der Waals surface area contributed by atoms with E-state index in [1.54, 1.807) is 13.3 Å². The normalized spacial score (nSPS) is 12.2. The zero-order valence-corrected chi connectivity index (χ0v) is 13.4. The molecule has 0 spiro atoms. The second-order valence-corrected chi connectivity index (χ2v) is 5.39. The topological polar surface area (TPSA) is 34.2 Å². The van der Waals surface area contributed by atoms with Crippen LogP contribution in [-0.2, 0) is 0 Å². The van der Waals surface area contributed by atoms with Gasteiger partial charge >= 0.3 is 0 Å². The number of rotatable bonds is 6. The number of ether oxygens (including phenoxy) is 1. The number of aromatic nitrogens is 1. The fourth-order valence-corrected chi connectivity index (χ4v) is 2.43. The lowest BCUT2D eigenvalue weighted by Crippen LogP contribution is -2.24. The Morgan fingerprint density at radius 1 is 1.33 bits per heavy atom. The lowest BCUT2D eigenvalue weighted by atomic mass is 10.0. The van der Waals surface area contributed by atoms with E-state index in [1.807, 2.05) is 31.2 Å². The van der Waals surface area contributed by atoms with Crippen LogP contribution < -0.4 is 10.1 Å². The average Bonchev–Trinajstić information content (AvgIpc) is 2.51. The van der Waals surface area contributed by atoms with Gasteiger partial charge in [0.15, 0.2) is 0 Å². The highest BCUT2D eigenvalue weighted by molar-refractivity contribution is 6.31. The molecule has 3 nitrogen and oxygen atoms in total. The van der Waals surface area contributed by atoms with Crippen LogP contribution >= 0.6 is 11.6 Å². The molecule has 0 aliphatic carbocycles. The molecule has 2 aromatic rings. The van der Waals surface area contributed by atoms with Gasteiger partial charge in [0.2, 0.25) is 0 Å². The molecule has 4 heteroatoms. The first-order valence-electron chi connectivity index (χ1n) is 7.15. The van der Waals surface area contributed by atoms with Crippen LogP contribution in [0, 0.1) is 6.92 Å². The van der Waals surface area contributed by atoms with Crippen molar-refractivity contribution >= 4 is 11.6 Å². The Kier molecular flexibility index (Phi) is 5.59. The first-order valence-corrected chi connectivity index (χ1v) is 7.53. The molecule has 0 saturated carbocycles. The molecule has 0 bridgehead atoms. The van der Waals surface area contributed by atoms with Crippen molar-refractivity contribution in [2.45, 2.75) is 26.3 Å². The van der Waals surface area contributed by atoms with Crippen molar-refractivity contribution in [2.24, 2.45) is 0 Å². The minimum absolute atomic E-state index is 0.0285. The van der Waals surface area contributed by atoms with E-state index in [0.717, 1.165) is 40.6 Å². The summed E-state index contributed by atoms with van der Waals surface area (Å²) in [6, 6.07) is 9.90. The monoisotopic (exact) mass is 304 g/mol. The Morgan fingerprint density at radius 3 is 2.81 bits per heavy atom. The van der Waals surface area contributed by atoms with E-state index < -0.39 is 0 Å². The number of nitrogens with one attached hydrogen (secondary N) is 1. The fourth-order valence-electron chi connectivity index (χ4n) is 2.24. The standard InChI is InChI=1S/C17H21ClN2O/c1-4-9-19-16(13-8-7-12(2)14(18)11-13)17-15(21-3)6-5-10-20-17/h5-8,10-11,16,19H,4,9H2,1-3H3. The van der Waals surface area contributed by atoms with Gasteiger partial charge in [-0.15, -0.1) is 0 Å². The second kappa shape index (κ2) is 7.43. The molecule has 112 valence electrons. The van der Waals surface area contributed by atoms with Gasteiger partial charge in [-0.05, 0) is 49.2 Å². The number of methoxy groups -OCH3 is 1. The molecule has 1 aromatic carbocycles. The third-order valence-corrected chi connectivity index (χ3v) is 3.83. The quantitative estimate of drug-likeness (QED) is 0.871. The molecule has 0 amide bonds. The highest BCUT2D eigenvalue weighted by Crippen LogP contribution is 2.30. The largest absolute Gasteiger partial charge is 0.495 e. The number of hydrogen-bond acceptors (Lipinski definition) is 3. The lowest BCUT2D eigenvalue weighted by Gasteiger charge is -2.21. The molecule has 21 heavy (non-hydrogen) atoms. The molecule has 0 saturated heterocycles. The number of benzene rings is 1. The zero-order chi connectivity index (χ0) is 15.2. The van der Waals surface area contributed by atoms with Gasteiger partial charge in [-0.25, -0.2) is 0 Å². The number of halogens is 1. The third kappa shape index (κ3) is 3.74. The average molecular weight is 305 g/mol. The summed E-state index contributed by atoms with van der Waals surface area (Å²) in [4.78, 5) is 4.50. The Morgan fingerprint density at radius 2 is 2.14 bits per heavy atom. The van der Waals surface area contributed by atoms with E-state index in [9.17, 15) is 0 Å². The van der Waals surface area contributed by atoms with Crippen LogP contribution in [0.5, 0.6) is 5.75 Å². The number of pyridine rings is 1. The summed E-state index contributed by atoms with van der Waals surface area (Å²) in [7, 11) is 1.67. The molecule has 1 unspecified atom stereocenters. The first kappa shape index (κ1) is 15.8. The SMILES string of the molecule is CCCNC(c1ccc(C)c(Cl)c1)c1ncccc1OC. The predicted molar refractivity (Wildman–Crippen MR) is 87.1 cm³/mol. The lowest BCUT2D eigenvalue weighted by molar-refractivity contribution is 0.400.